The summed E-state index contributed by atoms with van der Waals surface area (Å²) in [5.41, 5.74) is 0.709. The number of aromatic nitrogens is 2. The minimum atomic E-state index is -3.00. The lowest BCUT2D eigenvalue weighted by molar-refractivity contribution is 0.0126. The third kappa shape index (κ3) is 3.46. The monoisotopic (exact) mass is 335 g/mol. The third-order valence-electron chi connectivity index (χ3n) is 3.98. The van der Waals surface area contributed by atoms with Crippen LogP contribution in [0.25, 0.3) is 0 Å². The summed E-state index contributed by atoms with van der Waals surface area (Å²) >= 11 is 0. The molecule has 0 saturated carbocycles. The summed E-state index contributed by atoms with van der Waals surface area (Å²) in [4.78, 5) is 10.2. The fourth-order valence-electron chi connectivity index (χ4n) is 2.68. The first-order valence-electron chi connectivity index (χ1n) is 7.69. The number of morpholine rings is 1. The minimum Gasteiger partial charge on any atom is -0.497 e. The lowest BCUT2D eigenvalue weighted by Gasteiger charge is -2.36. The summed E-state index contributed by atoms with van der Waals surface area (Å²) in [7, 11) is 1.61. The van der Waals surface area contributed by atoms with Crippen molar-refractivity contribution in [2.45, 2.75) is 18.9 Å². The van der Waals surface area contributed by atoms with Gasteiger partial charge in [0.2, 0.25) is 5.95 Å². The summed E-state index contributed by atoms with van der Waals surface area (Å²) in [5, 5.41) is 0. The van der Waals surface area contributed by atoms with E-state index in [0.29, 0.717) is 19.8 Å². The van der Waals surface area contributed by atoms with Crippen LogP contribution in [0.15, 0.2) is 36.5 Å². The fourth-order valence-corrected chi connectivity index (χ4v) is 2.68. The van der Waals surface area contributed by atoms with Gasteiger partial charge < -0.3 is 14.4 Å². The van der Waals surface area contributed by atoms with Crippen molar-refractivity contribution in [1.82, 2.24) is 9.97 Å². The summed E-state index contributed by atoms with van der Waals surface area (Å²) in [5.74, 6) is -1.95. The predicted octanol–water partition coefficient (Wildman–Crippen LogP) is 3.17. The van der Waals surface area contributed by atoms with Gasteiger partial charge in [-0.3, -0.25) is 0 Å². The largest absolute Gasteiger partial charge is 0.497 e. The second kappa shape index (κ2) is 6.68. The van der Waals surface area contributed by atoms with Crippen molar-refractivity contribution < 1.29 is 18.3 Å². The van der Waals surface area contributed by atoms with Crippen LogP contribution >= 0.6 is 0 Å². The minimum absolute atomic E-state index is 0.134. The van der Waals surface area contributed by atoms with Crippen molar-refractivity contribution in [3.05, 3.63) is 47.8 Å². The highest BCUT2D eigenvalue weighted by Gasteiger charge is 2.30. The maximum atomic E-state index is 13.6. The van der Waals surface area contributed by atoms with E-state index in [0.717, 1.165) is 18.2 Å². The van der Waals surface area contributed by atoms with E-state index in [1.807, 2.05) is 29.2 Å². The van der Waals surface area contributed by atoms with E-state index in [9.17, 15) is 8.78 Å². The summed E-state index contributed by atoms with van der Waals surface area (Å²) in [6.45, 7) is 2.32. The molecule has 2 heterocycles. The van der Waals surface area contributed by atoms with Crippen LogP contribution in [0.5, 0.6) is 5.75 Å². The van der Waals surface area contributed by atoms with Gasteiger partial charge in [0, 0.05) is 19.7 Å². The van der Waals surface area contributed by atoms with Crippen molar-refractivity contribution >= 4 is 5.95 Å². The van der Waals surface area contributed by atoms with Gasteiger partial charge in [-0.2, -0.15) is 8.78 Å². The van der Waals surface area contributed by atoms with E-state index >= 15 is 0 Å². The molecule has 0 aliphatic carbocycles. The Morgan fingerprint density at radius 1 is 1.25 bits per heavy atom. The van der Waals surface area contributed by atoms with Crippen LogP contribution in [0.4, 0.5) is 14.7 Å². The zero-order valence-corrected chi connectivity index (χ0v) is 13.6. The van der Waals surface area contributed by atoms with Gasteiger partial charge in [0.25, 0.3) is 5.92 Å². The number of hydrogen-bond donors (Lipinski definition) is 0. The van der Waals surface area contributed by atoms with Crippen LogP contribution in [0.1, 0.15) is 24.2 Å². The Hall–Kier alpha value is -2.28. The molecule has 3 rings (SSSR count). The molecule has 0 bridgehead atoms. The molecule has 5 nitrogen and oxygen atoms in total. The van der Waals surface area contributed by atoms with Crippen molar-refractivity contribution in [2.75, 3.05) is 31.8 Å². The van der Waals surface area contributed by atoms with Crippen molar-refractivity contribution in [2.24, 2.45) is 0 Å². The quantitative estimate of drug-likeness (QED) is 0.859. The molecule has 1 fully saturated rings. The Balaban J connectivity index is 1.92. The van der Waals surface area contributed by atoms with Crippen LogP contribution in [-0.4, -0.2) is 36.8 Å². The highest BCUT2D eigenvalue weighted by molar-refractivity contribution is 5.39. The average molecular weight is 335 g/mol. The second-order valence-electron chi connectivity index (χ2n) is 5.69. The molecule has 1 unspecified atom stereocenters. The molecule has 1 saturated heterocycles. The first-order chi connectivity index (χ1) is 11.5. The number of halogens is 2. The topological polar surface area (TPSA) is 47.5 Å². The van der Waals surface area contributed by atoms with Crippen molar-refractivity contribution in [1.29, 1.82) is 0 Å². The Kier molecular flexibility index (Phi) is 4.62. The number of benzene rings is 1. The van der Waals surface area contributed by atoms with Crippen LogP contribution in [0.3, 0.4) is 0 Å². The predicted molar refractivity (Wildman–Crippen MR) is 85.5 cm³/mol. The third-order valence-corrected chi connectivity index (χ3v) is 3.98. The molecule has 0 N–H and O–H groups in total. The smallest absolute Gasteiger partial charge is 0.287 e. The molecule has 1 aromatic heterocycles. The summed E-state index contributed by atoms with van der Waals surface area (Å²) in [6.07, 6.45) is 1.37. The summed E-state index contributed by atoms with van der Waals surface area (Å²) < 4.78 is 37.8. The van der Waals surface area contributed by atoms with E-state index in [4.69, 9.17) is 9.47 Å². The number of hydrogen-bond acceptors (Lipinski definition) is 5. The standard InChI is InChI=1S/C17H19F2N3O2/c1-17(18,19)15-7-8-20-16(21-15)22-9-10-24-11-14(22)12-3-5-13(23-2)6-4-12/h3-8,14H,9-11H2,1-2H3. The molecule has 2 aromatic rings. The molecule has 1 aromatic carbocycles. The number of anilines is 1. The molecule has 1 atom stereocenters. The fraction of sp³-hybridized carbons (Fsp3) is 0.412. The number of rotatable bonds is 4. The van der Waals surface area contributed by atoms with Gasteiger partial charge in [-0.15, -0.1) is 0 Å². The van der Waals surface area contributed by atoms with Gasteiger partial charge in [0.1, 0.15) is 11.4 Å². The lowest BCUT2D eigenvalue weighted by Crippen LogP contribution is -2.40. The number of methoxy groups -OCH3 is 1. The Morgan fingerprint density at radius 2 is 2.00 bits per heavy atom. The molecule has 128 valence electrons. The molecule has 0 amide bonds. The van der Waals surface area contributed by atoms with Gasteiger partial charge in [-0.05, 0) is 23.8 Å². The Morgan fingerprint density at radius 3 is 2.67 bits per heavy atom. The van der Waals surface area contributed by atoms with Crippen molar-refractivity contribution in [3.8, 4) is 5.75 Å². The van der Waals surface area contributed by atoms with Crippen molar-refractivity contribution in [3.63, 3.8) is 0 Å². The van der Waals surface area contributed by atoms with Crippen LogP contribution in [0.2, 0.25) is 0 Å². The molecular weight excluding hydrogens is 316 g/mol. The molecule has 1 aliphatic rings. The molecule has 0 radical (unpaired) electrons. The van der Waals surface area contributed by atoms with E-state index in [1.54, 1.807) is 7.11 Å². The molecule has 1 aliphatic heterocycles. The second-order valence-corrected chi connectivity index (χ2v) is 5.69. The van der Waals surface area contributed by atoms with Crippen LogP contribution < -0.4 is 9.64 Å². The van der Waals surface area contributed by atoms with Gasteiger partial charge >= 0.3 is 0 Å². The SMILES string of the molecule is COc1ccc(C2COCCN2c2nccc(C(C)(F)F)n2)cc1. The number of ether oxygens (including phenoxy) is 2. The van der Waals surface area contributed by atoms with E-state index in [-0.39, 0.29) is 17.7 Å². The maximum absolute atomic E-state index is 13.6. The Labute approximate surface area is 139 Å². The average Bonchev–Trinajstić information content (AvgIpc) is 2.61. The van der Waals surface area contributed by atoms with E-state index in [1.165, 1.54) is 12.3 Å². The van der Waals surface area contributed by atoms with Crippen LogP contribution in [-0.2, 0) is 10.7 Å². The number of alkyl halides is 2. The lowest BCUT2D eigenvalue weighted by atomic mass is 10.1. The van der Waals surface area contributed by atoms with E-state index < -0.39 is 5.92 Å². The molecular formula is C17H19F2N3O2. The highest BCUT2D eigenvalue weighted by atomic mass is 19.3. The Bertz CT molecular complexity index is 689. The maximum Gasteiger partial charge on any atom is 0.287 e. The van der Waals surface area contributed by atoms with E-state index in [2.05, 4.69) is 9.97 Å². The number of nitrogens with zero attached hydrogens (tertiary/aromatic N) is 3. The van der Waals surface area contributed by atoms with Crippen LogP contribution in [0, 0.1) is 0 Å². The first-order valence-corrected chi connectivity index (χ1v) is 7.69. The van der Waals surface area contributed by atoms with Gasteiger partial charge in [-0.1, -0.05) is 12.1 Å². The molecule has 24 heavy (non-hydrogen) atoms. The normalized spacial score (nSPS) is 18.5. The zero-order valence-electron chi connectivity index (χ0n) is 13.6. The van der Waals surface area contributed by atoms with Gasteiger partial charge in [0.15, 0.2) is 0 Å². The molecule has 0 spiro atoms. The highest BCUT2D eigenvalue weighted by Crippen LogP contribution is 2.31. The van der Waals surface area contributed by atoms with Gasteiger partial charge in [0.05, 0.1) is 26.4 Å². The summed E-state index contributed by atoms with van der Waals surface area (Å²) in [6, 6.07) is 8.70. The molecule has 7 heteroatoms. The first kappa shape index (κ1) is 16.6. The van der Waals surface area contributed by atoms with Gasteiger partial charge in [-0.25, -0.2) is 9.97 Å². The zero-order chi connectivity index (χ0) is 17.2.